The Balaban J connectivity index is 1.65. The van der Waals surface area contributed by atoms with Crippen molar-refractivity contribution in [2.24, 2.45) is 7.05 Å². The summed E-state index contributed by atoms with van der Waals surface area (Å²) in [6, 6.07) is 9.57. The van der Waals surface area contributed by atoms with Gasteiger partial charge in [0.2, 0.25) is 5.95 Å². The summed E-state index contributed by atoms with van der Waals surface area (Å²) >= 11 is 0. The van der Waals surface area contributed by atoms with E-state index in [0.29, 0.717) is 37.0 Å². The Hall–Kier alpha value is -4.09. The molecule has 1 atom stereocenters. The number of carbonyl (C=O) groups excluding carboxylic acids is 1. The van der Waals surface area contributed by atoms with Crippen molar-refractivity contribution in [3.8, 4) is 11.3 Å². The first-order valence-electron chi connectivity index (χ1n) is 12.3. The molecule has 0 aliphatic heterocycles. The number of pyridine rings is 1. The quantitative estimate of drug-likeness (QED) is 0.288. The molecule has 0 aromatic carbocycles. The smallest absolute Gasteiger partial charge is 0.354 e. The molecule has 0 aliphatic carbocycles. The molecule has 11 nitrogen and oxygen atoms in total. The number of anilines is 2. The maximum Gasteiger partial charge on any atom is 0.354 e. The third-order valence-electron chi connectivity index (χ3n) is 6.22. The number of rotatable bonds is 11. The summed E-state index contributed by atoms with van der Waals surface area (Å²) in [6.07, 6.45) is 5.36. The highest BCUT2D eigenvalue weighted by molar-refractivity contribution is 5.89. The van der Waals surface area contributed by atoms with Gasteiger partial charge in [-0.1, -0.05) is 6.07 Å². The van der Waals surface area contributed by atoms with Crippen molar-refractivity contribution in [1.29, 1.82) is 0 Å². The van der Waals surface area contributed by atoms with Crippen LogP contribution in [0.15, 0.2) is 48.9 Å². The van der Waals surface area contributed by atoms with E-state index in [9.17, 15) is 4.79 Å². The van der Waals surface area contributed by atoms with Gasteiger partial charge in [-0.05, 0) is 44.5 Å². The number of nitrogens with zero attached hydrogens (tertiary/aromatic N) is 6. The van der Waals surface area contributed by atoms with Crippen LogP contribution in [0, 0.1) is 13.8 Å². The number of esters is 1. The van der Waals surface area contributed by atoms with Crippen molar-refractivity contribution in [2.75, 3.05) is 26.1 Å². The lowest BCUT2D eigenvalue weighted by atomic mass is 10.0. The normalized spacial score (nSPS) is 12.8. The van der Waals surface area contributed by atoms with Gasteiger partial charge in [-0.15, -0.1) is 0 Å². The molecular formula is C27H34N8O3. The molecule has 4 rings (SSSR count). The Labute approximate surface area is 222 Å². The first-order chi connectivity index (χ1) is 18.2. The molecule has 4 aromatic heterocycles. The lowest BCUT2D eigenvalue weighted by molar-refractivity contribution is 0.0580. The monoisotopic (exact) mass is 518 g/mol. The van der Waals surface area contributed by atoms with Gasteiger partial charge in [-0.3, -0.25) is 9.67 Å². The van der Waals surface area contributed by atoms with Crippen LogP contribution < -0.4 is 10.6 Å². The van der Waals surface area contributed by atoms with Crippen LogP contribution in [0.5, 0.6) is 0 Å². The zero-order valence-electron chi connectivity index (χ0n) is 22.6. The van der Waals surface area contributed by atoms with E-state index in [2.05, 4.69) is 32.6 Å². The van der Waals surface area contributed by atoms with Crippen molar-refractivity contribution >= 4 is 17.7 Å². The molecule has 38 heavy (non-hydrogen) atoms. The number of aryl methyl sites for hydroxylation is 3. The molecule has 11 heteroatoms. The van der Waals surface area contributed by atoms with E-state index in [-0.39, 0.29) is 0 Å². The first kappa shape index (κ1) is 27.0. The minimum atomic E-state index is -0.508. The number of carbonyl (C=O) groups is 1. The number of methoxy groups -OCH3 is 2. The van der Waals surface area contributed by atoms with Crippen LogP contribution in [-0.4, -0.2) is 61.6 Å². The molecule has 0 saturated carbocycles. The fraction of sp³-hybridized carbons (Fsp3) is 0.370. The summed E-state index contributed by atoms with van der Waals surface area (Å²) in [4.78, 5) is 26.5. The average molecular weight is 519 g/mol. The molecule has 0 saturated heterocycles. The Bertz CT molecular complexity index is 1410. The average Bonchev–Trinajstić information content (AvgIpc) is 3.49. The minimum Gasteiger partial charge on any atom is -0.464 e. The van der Waals surface area contributed by atoms with Crippen LogP contribution in [0.3, 0.4) is 0 Å². The van der Waals surface area contributed by atoms with Crippen LogP contribution in [0.1, 0.15) is 34.4 Å². The lowest BCUT2D eigenvalue weighted by Crippen LogP contribution is -2.49. The molecule has 0 fully saturated rings. The molecule has 0 aliphatic rings. The molecule has 0 amide bonds. The van der Waals surface area contributed by atoms with Crippen molar-refractivity contribution in [3.63, 3.8) is 0 Å². The predicted octanol–water partition coefficient (Wildman–Crippen LogP) is 3.42. The van der Waals surface area contributed by atoms with Gasteiger partial charge in [0.15, 0.2) is 0 Å². The first-order valence-corrected chi connectivity index (χ1v) is 12.3. The van der Waals surface area contributed by atoms with Crippen molar-refractivity contribution in [2.45, 2.75) is 39.4 Å². The maximum atomic E-state index is 12.8. The fourth-order valence-electron chi connectivity index (χ4n) is 4.30. The summed E-state index contributed by atoms with van der Waals surface area (Å²) in [6.45, 7) is 7.37. The van der Waals surface area contributed by atoms with Crippen LogP contribution in [-0.2, 0) is 29.6 Å². The van der Waals surface area contributed by atoms with Crippen LogP contribution >= 0.6 is 0 Å². The largest absolute Gasteiger partial charge is 0.464 e. The Morgan fingerprint density at radius 3 is 2.66 bits per heavy atom. The van der Waals surface area contributed by atoms with E-state index < -0.39 is 11.5 Å². The van der Waals surface area contributed by atoms with E-state index in [1.807, 2.05) is 55.9 Å². The molecule has 1 unspecified atom stereocenters. The summed E-state index contributed by atoms with van der Waals surface area (Å²) in [5.41, 5.74) is 4.15. The van der Waals surface area contributed by atoms with Crippen molar-refractivity contribution in [3.05, 3.63) is 71.6 Å². The molecule has 2 N–H and O–H groups in total. The summed E-state index contributed by atoms with van der Waals surface area (Å²) < 4.78 is 14.2. The number of hydrogen-bond acceptors (Lipinski definition) is 9. The van der Waals surface area contributed by atoms with Crippen LogP contribution in [0.4, 0.5) is 11.8 Å². The second kappa shape index (κ2) is 11.5. The highest BCUT2D eigenvalue weighted by Crippen LogP contribution is 2.27. The fourth-order valence-corrected chi connectivity index (χ4v) is 4.30. The molecule has 4 heterocycles. The standard InChI is InChI=1S/C27H34N8O3/c1-18-13-28-26(32-23-10-11-30-34(23)4)33-24(18)20-12-22(25(36)38-6)35(15-20)16-27(3,17-37-5)29-14-21-9-7-8-19(2)31-21/h7-13,15,29H,14,16-17H2,1-6H3,(H,28,32,33). The van der Waals surface area contributed by atoms with E-state index in [1.165, 1.54) is 7.11 Å². The third kappa shape index (κ3) is 6.24. The number of hydrogen-bond donors (Lipinski definition) is 2. The maximum absolute atomic E-state index is 12.8. The summed E-state index contributed by atoms with van der Waals surface area (Å²) in [5.74, 6) is 0.756. The second-order valence-electron chi connectivity index (χ2n) is 9.54. The second-order valence-corrected chi connectivity index (χ2v) is 9.54. The summed E-state index contributed by atoms with van der Waals surface area (Å²) in [7, 11) is 4.87. The van der Waals surface area contributed by atoms with E-state index >= 15 is 0 Å². The van der Waals surface area contributed by atoms with Crippen molar-refractivity contribution in [1.82, 2.24) is 34.6 Å². The number of ether oxygens (including phenoxy) is 2. The van der Waals surface area contributed by atoms with Gasteiger partial charge in [0.05, 0.1) is 36.8 Å². The Morgan fingerprint density at radius 1 is 1.16 bits per heavy atom. The number of nitrogens with one attached hydrogen (secondary N) is 2. The molecule has 0 radical (unpaired) electrons. The summed E-state index contributed by atoms with van der Waals surface area (Å²) in [5, 5.41) is 10.9. The zero-order chi connectivity index (χ0) is 27.3. The van der Waals surface area contributed by atoms with E-state index in [0.717, 1.165) is 28.3 Å². The Morgan fingerprint density at radius 2 is 1.97 bits per heavy atom. The van der Waals surface area contributed by atoms with Gasteiger partial charge < -0.3 is 24.7 Å². The molecular weight excluding hydrogens is 484 g/mol. The topological polar surface area (TPSA) is 121 Å². The molecule has 200 valence electrons. The molecule has 0 spiro atoms. The Kier molecular flexibility index (Phi) is 8.18. The van der Waals surface area contributed by atoms with Gasteiger partial charge in [-0.2, -0.15) is 5.10 Å². The number of aromatic nitrogens is 6. The van der Waals surface area contributed by atoms with Crippen LogP contribution in [0.2, 0.25) is 0 Å². The predicted molar refractivity (Wildman–Crippen MR) is 144 cm³/mol. The van der Waals surface area contributed by atoms with Gasteiger partial charge in [0.1, 0.15) is 11.5 Å². The molecule has 0 bridgehead atoms. The van der Waals surface area contributed by atoms with Gasteiger partial charge >= 0.3 is 5.97 Å². The molecule has 4 aromatic rings. The zero-order valence-corrected chi connectivity index (χ0v) is 22.6. The SMILES string of the molecule is COCC(C)(Cn1cc(-c2nc(Nc3ccnn3C)ncc2C)cc1C(=O)OC)NCc1cccc(C)n1. The van der Waals surface area contributed by atoms with Gasteiger partial charge in [0.25, 0.3) is 0 Å². The minimum absolute atomic E-state index is 0.415. The van der Waals surface area contributed by atoms with E-state index in [4.69, 9.17) is 14.5 Å². The van der Waals surface area contributed by atoms with E-state index in [1.54, 1.807) is 30.3 Å². The highest BCUT2D eigenvalue weighted by Gasteiger charge is 2.28. The van der Waals surface area contributed by atoms with Gasteiger partial charge in [0, 0.05) is 57.0 Å². The van der Waals surface area contributed by atoms with Crippen LogP contribution in [0.25, 0.3) is 11.3 Å². The highest BCUT2D eigenvalue weighted by atomic mass is 16.5. The lowest BCUT2D eigenvalue weighted by Gasteiger charge is -2.31. The van der Waals surface area contributed by atoms with Gasteiger partial charge in [-0.25, -0.2) is 14.8 Å². The van der Waals surface area contributed by atoms with Crippen molar-refractivity contribution < 1.29 is 14.3 Å². The third-order valence-corrected chi connectivity index (χ3v) is 6.22.